The van der Waals surface area contributed by atoms with Gasteiger partial charge in [-0.1, -0.05) is 39.2 Å². The van der Waals surface area contributed by atoms with Crippen LogP contribution in [0.25, 0.3) is 0 Å². The van der Waals surface area contributed by atoms with Gasteiger partial charge in [-0.25, -0.2) is 8.78 Å². The molecule has 1 aromatic rings. The van der Waals surface area contributed by atoms with Crippen molar-refractivity contribution in [2.24, 2.45) is 5.92 Å². The average molecular weight is 269 g/mol. The summed E-state index contributed by atoms with van der Waals surface area (Å²) in [6.07, 6.45) is 4.17. The number of hydrogen-bond donors (Lipinski definition) is 1. The van der Waals surface area contributed by atoms with Crippen molar-refractivity contribution in [1.29, 1.82) is 0 Å². The van der Waals surface area contributed by atoms with Crippen molar-refractivity contribution in [2.75, 3.05) is 6.54 Å². The zero-order valence-electron chi connectivity index (χ0n) is 11.5. The molecular formula is C15H21F2NO. The van der Waals surface area contributed by atoms with E-state index in [1.165, 1.54) is 6.07 Å². The molecule has 0 radical (unpaired) electrons. The van der Waals surface area contributed by atoms with Gasteiger partial charge in [-0.05, 0) is 24.5 Å². The summed E-state index contributed by atoms with van der Waals surface area (Å²) in [5, 5.41) is 2.62. The van der Waals surface area contributed by atoms with E-state index in [0.717, 1.165) is 37.8 Å². The van der Waals surface area contributed by atoms with Gasteiger partial charge in [-0.15, -0.1) is 0 Å². The zero-order chi connectivity index (χ0) is 14.3. The predicted octanol–water partition coefficient (Wildman–Crippen LogP) is 3.91. The zero-order valence-corrected chi connectivity index (χ0v) is 11.5. The third-order valence-corrected chi connectivity index (χ3v) is 3.28. The Hall–Kier alpha value is -1.45. The number of nitrogens with one attached hydrogen (secondary N) is 1. The molecule has 0 unspecified atom stereocenters. The molecule has 0 fully saturated rings. The van der Waals surface area contributed by atoms with Crippen LogP contribution in [0.5, 0.6) is 0 Å². The molecule has 19 heavy (non-hydrogen) atoms. The first kappa shape index (κ1) is 15.6. The Morgan fingerprint density at radius 1 is 1.26 bits per heavy atom. The van der Waals surface area contributed by atoms with Crippen molar-refractivity contribution in [1.82, 2.24) is 5.32 Å². The fraction of sp³-hybridized carbons (Fsp3) is 0.533. The Labute approximate surface area is 113 Å². The number of amides is 1. The molecule has 0 aliphatic rings. The maximum Gasteiger partial charge on any atom is 0.257 e. The number of carbonyl (C=O) groups is 1. The first-order chi connectivity index (χ1) is 9.10. The lowest BCUT2D eigenvalue weighted by molar-refractivity contribution is 0.0937. The van der Waals surface area contributed by atoms with E-state index in [1.807, 2.05) is 0 Å². The summed E-state index contributed by atoms with van der Waals surface area (Å²) in [4.78, 5) is 11.8. The standard InChI is InChI=1S/C15H21F2NO/c1-3-5-7-11(4-2)10-18-15(19)14-12(16)8-6-9-13(14)17/h6,8-9,11H,3-5,7,10H2,1-2H3,(H,18,19)/t11-/m0/s1. The molecule has 0 saturated carbocycles. The van der Waals surface area contributed by atoms with E-state index in [2.05, 4.69) is 19.2 Å². The molecule has 4 heteroatoms. The van der Waals surface area contributed by atoms with Crippen LogP contribution in [0.3, 0.4) is 0 Å². The van der Waals surface area contributed by atoms with Crippen LogP contribution >= 0.6 is 0 Å². The number of carbonyl (C=O) groups excluding carboxylic acids is 1. The summed E-state index contributed by atoms with van der Waals surface area (Å²) in [6, 6.07) is 3.43. The molecule has 0 aliphatic heterocycles. The van der Waals surface area contributed by atoms with E-state index in [4.69, 9.17) is 0 Å². The molecule has 0 bridgehead atoms. The van der Waals surface area contributed by atoms with Crippen molar-refractivity contribution >= 4 is 5.91 Å². The first-order valence-corrected chi connectivity index (χ1v) is 6.82. The second-order valence-corrected chi connectivity index (χ2v) is 4.72. The molecule has 0 spiro atoms. The van der Waals surface area contributed by atoms with Gasteiger partial charge in [-0.2, -0.15) is 0 Å². The number of benzene rings is 1. The summed E-state index contributed by atoms with van der Waals surface area (Å²) in [6.45, 7) is 4.62. The smallest absolute Gasteiger partial charge is 0.257 e. The molecule has 1 atom stereocenters. The molecule has 0 aromatic heterocycles. The Kier molecular flexibility index (Phi) is 6.46. The van der Waals surface area contributed by atoms with Crippen LogP contribution in [-0.2, 0) is 0 Å². The SMILES string of the molecule is CCCC[C@H](CC)CNC(=O)c1c(F)cccc1F. The topological polar surface area (TPSA) is 29.1 Å². The van der Waals surface area contributed by atoms with Gasteiger partial charge in [0.25, 0.3) is 5.91 Å². The highest BCUT2D eigenvalue weighted by molar-refractivity contribution is 5.94. The van der Waals surface area contributed by atoms with Crippen LogP contribution in [-0.4, -0.2) is 12.5 Å². The maximum atomic E-state index is 13.4. The van der Waals surface area contributed by atoms with Gasteiger partial charge in [0.15, 0.2) is 0 Å². The fourth-order valence-corrected chi connectivity index (χ4v) is 1.98. The van der Waals surface area contributed by atoms with Crippen LogP contribution in [0, 0.1) is 17.6 Å². The van der Waals surface area contributed by atoms with Gasteiger partial charge >= 0.3 is 0 Å². The van der Waals surface area contributed by atoms with Crippen LogP contribution < -0.4 is 5.32 Å². The predicted molar refractivity (Wildman–Crippen MR) is 72.0 cm³/mol. The van der Waals surface area contributed by atoms with Gasteiger partial charge in [0.1, 0.15) is 17.2 Å². The van der Waals surface area contributed by atoms with Crippen molar-refractivity contribution in [2.45, 2.75) is 39.5 Å². The highest BCUT2D eigenvalue weighted by Crippen LogP contribution is 2.14. The van der Waals surface area contributed by atoms with Crippen LogP contribution in [0.15, 0.2) is 18.2 Å². The summed E-state index contributed by atoms with van der Waals surface area (Å²) in [7, 11) is 0. The molecule has 1 aromatic carbocycles. The Morgan fingerprint density at radius 2 is 1.89 bits per heavy atom. The second kappa shape index (κ2) is 7.87. The van der Waals surface area contributed by atoms with Crippen LogP contribution in [0.1, 0.15) is 49.9 Å². The van der Waals surface area contributed by atoms with E-state index in [9.17, 15) is 13.6 Å². The molecule has 1 rings (SSSR count). The van der Waals surface area contributed by atoms with Gasteiger partial charge in [0.2, 0.25) is 0 Å². The Balaban J connectivity index is 2.59. The molecule has 106 valence electrons. The Morgan fingerprint density at radius 3 is 2.42 bits per heavy atom. The Bertz CT molecular complexity index is 400. The molecule has 0 aliphatic carbocycles. The van der Waals surface area contributed by atoms with E-state index < -0.39 is 23.1 Å². The molecular weight excluding hydrogens is 248 g/mol. The molecule has 2 nitrogen and oxygen atoms in total. The number of hydrogen-bond acceptors (Lipinski definition) is 1. The number of rotatable bonds is 7. The first-order valence-electron chi connectivity index (χ1n) is 6.82. The summed E-state index contributed by atoms with van der Waals surface area (Å²) >= 11 is 0. The second-order valence-electron chi connectivity index (χ2n) is 4.72. The third kappa shape index (κ3) is 4.62. The van der Waals surface area contributed by atoms with Crippen molar-refractivity contribution < 1.29 is 13.6 Å². The van der Waals surface area contributed by atoms with Crippen molar-refractivity contribution in [3.8, 4) is 0 Å². The molecule has 0 heterocycles. The van der Waals surface area contributed by atoms with E-state index in [-0.39, 0.29) is 0 Å². The minimum atomic E-state index is -0.820. The van der Waals surface area contributed by atoms with Gasteiger partial charge in [0.05, 0.1) is 0 Å². The largest absolute Gasteiger partial charge is 0.352 e. The van der Waals surface area contributed by atoms with Crippen LogP contribution in [0.2, 0.25) is 0 Å². The highest BCUT2D eigenvalue weighted by atomic mass is 19.1. The minimum Gasteiger partial charge on any atom is -0.352 e. The number of halogens is 2. The monoisotopic (exact) mass is 269 g/mol. The molecule has 1 amide bonds. The van der Waals surface area contributed by atoms with Gasteiger partial charge in [0, 0.05) is 6.54 Å². The highest BCUT2D eigenvalue weighted by Gasteiger charge is 2.17. The normalized spacial score (nSPS) is 12.2. The van der Waals surface area contributed by atoms with Crippen LogP contribution in [0.4, 0.5) is 8.78 Å². The van der Waals surface area contributed by atoms with Crippen molar-refractivity contribution in [3.05, 3.63) is 35.4 Å². The lowest BCUT2D eigenvalue weighted by Gasteiger charge is -2.15. The fourth-order valence-electron chi connectivity index (χ4n) is 1.98. The van der Waals surface area contributed by atoms with E-state index in [1.54, 1.807) is 0 Å². The average Bonchev–Trinajstić information content (AvgIpc) is 2.38. The summed E-state index contributed by atoms with van der Waals surface area (Å²) < 4.78 is 26.8. The van der Waals surface area contributed by atoms with E-state index in [0.29, 0.717) is 12.5 Å². The molecule has 0 saturated heterocycles. The van der Waals surface area contributed by atoms with Gasteiger partial charge in [-0.3, -0.25) is 4.79 Å². The maximum absolute atomic E-state index is 13.4. The lowest BCUT2D eigenvalue weighted by Crippen LogP contribution is -2.30. The lowest BCUT2D eigenvalue weighted by atomic mass is 9.99. The number of unbranched alkanes of at least 4 members (excludes halogenated alkanes) is 1. The van der Waals surface area contributed by atoms with Crippen molar-refractivity contribution in [3.63, 3.8) is 0 Å². The summed E-state index contributed by atoms with van der Waals surface area (Å²) in [5.74, 6) is -1.96. The molecule has 1 N–H and O–H groups in total. The third-order valence-electron chi connectivity index (χ3n) is 3.28. The minimum absolute atomic E-state index is 0.360. The van der Waals surface area contributed by atoms with Gasteiger partial charge < -0.3 is 5.32 Å². The summed E-state index contributed by atoms with van der Waals surface area (Å²) in [5.41, 5.74) is -0.493. The van der Waals surface area contributed by atoms with E-state index >= 15 is 0 Å². The quantitative estimate of drug-likeness (QED) is 0.799.